The van der Waals surface area contributed by atoms with Crippen molar-refractivity contribution >= 4 is 12.4 Å². The summed E-state index contributed by atoms with van der Waals surface area (Å²) in [5.74, 6) is 0.945. The van der Waals surface area contributed by atoms with Gasteiger partial charge in [0.25, 0.3) is 0 Å². The minimum Gasteiger partial charge on any atom is -0.380 e. The maximum absolute atomic E-state index is 5.38. The van der Waals surface area contributed by atoms with Gasteiger partial charge in [-0.3, -0.25) is 0 Å². The monoisotopic (exact) mass is 250 g/mol. The standard InChI is InChI=1S/C12H26N2O.ClH/c1-3-15-11-10-14-8-5-12(6-9-14)4-7-13-2;/h12-13H,3-11H2,1-2H3;1H. The molecule has 0 atom stereocenters. The van der Waals surface area contributed by atoms with E-state index in [1.165, 1.54) is 38.9 Å². The predicted octanol–water partition coefficient (Wildman–Crippen LogP) is 1.77. The number of halogens is 1. The lowest BCUT2D eigenvalue weighted by Crippen LogP contribution is -2.36. The van der Waals surface area contributed by atoms with Gasteiger partial charge in [0.05, 0.1) is 6.61 Å². The van der Waals surface area contributed by atoms with Gasteiger partial charge < -0.3 is 15.0 Å². The van der Waals surface area contributed by atoms with Gasteiger partial charge in [-0.25, -0.2) is 0 Å². The van der Waals surface area contributed by atoms with Crippen LogP contribution in [0.2, 0.25) is 0 Å². The minimum atomic E-state index is 0. The SMILES string of the molecule is CCOCCN1CCC(CCNC)CC1.Cl. The van der Waals surface area contributed by atoms with Crippen molar-refractivity contribution in [3.05, 3.63) is 0 Å². The summed E-state index contributed by atoms with van der Waals surface area (Å²) in [4.78, 5) is 2.53. The minimum absolute atomic E-state index is 0. The fraction of sp³-hybridized carbons (Fsp3) is 1.00. The fourth-order valence-corrected chi connectivity index (χ4v) is 2.19. The number of likely N-dealkylation sites (tertiary alicyclic amines) is 1. The Morgan fingerprint density at radius 2 is 2.00 bits per heavy atom. The molecule has 0 aromatic carbocycles. The highest BCUT2D eigenvalue weighted by molar-refractivity contribution is 5.85. The molecule has 0 radical (unpaired) electrons. The molecule has 98 valence electrons. The average molecular weight is 251 g/mol. The normalized spacial score (nSPS) is 18.4. The van der Waals surface area contributed by atoms with Crippen molar-refractivity contribution in [2.45, 2.75) is 26.2 Å². The van der Waals surface area contributed by atoms with Crippen LogP contribution in [0.4, 0.5) is 0 Å². The molecule has 1 saturated heterocycles. The molecule has 0 bridgehead atoms. The van der Waals surface area contributed by atoms with Gasteiger partial charge in [-0.2, -0.15) is 0 Å². The summed E-state index contributed by atoms with van der Waals surface area (Å²) < 4.78 is 5.38. The van der Waals surface area contributed by atoms with E-state index < -0.39 is 0 Å². The maximum atomic E-state index is 5.38. The lowest BCUT2D eigenvalue weighted by molar-refractivity contribution is 0.0947. The molecule has 1 aliphatic rings. The third-order valence-corrected chi connectivity index (χ3v) is 3.27. The van der Waals surface area contributed by atoms with Crippen molar-refractivity contribution in [3.63, 3.8) is 0 Å². The molecule has 0 saturated carbocycles. The van der Waals surface area contributed by atoms with E-state index in [0.29, 0.717) is 0 Å². The van der Waals surface area contributed by atoms with E-state index in [4.69, 9.17) is 4.74 Å². The molecule has 0 aromatic heterocycles. The third-order valence-electron chi connectivity index (χ3n) is 3.27. The van der Waals surface area contributed by atoms with Crippen LogP contribution in [-0.4, -0.2) is 51.3 Å². The number of nitrogens with one attached hydrogen (secondary N) is 1. The van der Waals surface area contributed by atoms with Crippen LogP contribution >= 0.6 is 12.4 Å². The van der Waals surface area contributed by atoms with Crippen LogP contribution < -0.4 is 5.32 Å². The smallest absolute Gasteiger partial charge is 0.0593 e. The van der Waals surface area contributed by atoms with Crippen LogP contribution in [0.1, 0.15) is 26.2 Å². The van der Waals surface area contributed by atoms with Crippen LogP contribution in [0.15, 0.2) is 0 Å². The van der Waals surface area contributed by atoms with Crippen molar-refractivity contribution in [3.8, 4) is 0 Å². The topological polar surface area (TPSA) is 24.5 Å². The second-order valence-electron chi connectivity index (χ2n) is 4.37. The molecule has 0 unspecified atom stereocenters. The van der Waals surface area contributed by atoms with Gasteiger partial charge in [-0.05, 0) is 58.8 Å². The summed E-state index contributed by atoms with van der Waals surface area (Å²) in [5, 5.41) is 3.23. The highest BCUT2D eigenvalue weighted by Gasteiger charge is 2.17. The predicted molar refractivity (Wildman–Crippen MR) is 71.4 cm³/mol. The van der Waals surface area contributed by atoms with E-state index in [9.17, 15) is 0 Å². The highest BCUT2D eigenvalue weighted by Crippen LogP contribution is 2.19. The first-order valence-electron chi connectivity index (χ1n) is 6.31. The molecule has 0 spiro atoms. The van der Waals surface area contributed by atoms with Gasteiger partial charge in [0.1, 0.15) is 0 Å². The summed E-state index contributed by atoms with van der Waals surface area (Å²) in [6.45, 7) is 8.62. The molecule has 0 amide bonds. The van der Waals surface area contributed by atoms with Gasteiger partial charge in [-0.1, -0.05) is 0 Å². The van der Waals surface area contributed by atoms with Crippen molar-refractivity contribution in [2.24, 2.45) is 5.92 Å². The molecule has 0 aromatic rings. The molecule has 1 N–H and O–H groups in total. The zero-order valence-corrected chi connectivity index (χ0v) is 11.5. The van der Waals surface area contributed by atoms with E-state index in [1.54, 1.807) is 0 Å². The Kier molecular flexibility index (Phi) is 10.4. The lowest BCUT2D eigenvalue weighted by Gasteiger charge is -2.31. The summed E-state index contributed by atoms with van der Waals surface area (Å²) >= 11 is 0. The molecule has 16 heavy (non-hydrogen) atoms. The fourth-order valence-electron chi connectivity index (χ4n) is 2.19. The van der Waals surface area contributed by atoms with Crippen molar-refractivity contribution in [1.82, 2.24) is 10.2 Å². The van der Waals surface area contributed by atoms with E-state index in [2.05, 4.69) is 17.1 Å². The number of nitrogens with zero attached hydrogens (tertiary/aromatic N) is 1. The first-order valence-corrected chi connectivity index (χ1v) is 6.31. The summed E-state index contributed by atoms with van der Waals surface area (Å²) in [7, 11) is 2.04. The number of ether oxygens (including phenoxy) is 1. The molecule has 1 aliphatic heterocycles. The summed E-state index contributed by atoms with van der Waals surface area (Å²) in [6, 6.07) is 0. The Morgan fingerprint density at radius 3 is 2.56 bits per heavy atom. The Morgan fingerprint density at radius 1 is 1.31 bits per heavy atom. The van der Waals surface area contributed by atoms with Crippen molar-refractivity contribution in [1.29, 1.82) is 0 Å². The Bertz CT molecular complexity index is 150. The molecule has 0 aliphatic carbocycles. The number of rotatable bonds is 7. The van der Waals surface area contributed by atoms with Crippen LogP contribution in [0, 0.1) is 5.92 Å². The second kappa shape index (κ2) is 10.3. The molecule has 1 fully saturated rings. The van der Waals surface area contributed by atoms with Crippen LogP contribution in [0.25, 0.3) is 0 Å². The molecular weight excluding hydrogens is 224 g/mol. The van der Waals surface area contributed by atoms with Gasteiger partial charge >= 0.3 is 0 Å². The van der Waals surface area contributed by atoms with Gasteiger partial charge in [0.2, 0.25) is 0 Å². The van der Waals surface area contributed by atoms with Crippen LogP contribution in [0.5, 0.6) is 0 Å². The van der Waals surface area contributed by atoms with E-state index >= 15 is 0 Å². The number of piperidine rings is 1. The average Bonchev–Trinajstić information content (AvgIpc) is 2.28. The van der Waals surface area contributed by atoms with Crippen LogP contribution in [-0.2, 0) is 4.74 Å². The highest BCUT2D eigenvalue weighted by atomic mass is 35.5. The molecule has 3 nitrogen and oxygen atoms in total. The number of hydrogen-bond acceptors (Lipinski definition) is 3. The van der Waals surface area contributed by atoms with E-state index in [1.807, 2.05) is 7.05 Å². The van der Waals surface area contributed by atoms with E-state index in [0.717, 1.165) is 25.7 Å². The van der Waals surface area contributed by atoms with E-state index in [-0.39, 0.29) is 12.4 Å². The summed E-state index contributed by atoms with van der Waals surface area (Å²) in [5.41, 5.74) is 0. The molecule has 4 heteroatoms. The first kappa shape index (κ1) is 16.2. The first-order chi connectivity index (χ1) is 7.36. The Hall–Kier alpha value is 0.170. The lowest BCUT2D eigenvalue weighted by atomic mass is 9.93. The number of hydrogen-bond donors (Lipinski definition) is 1. The van der Waals surface area contributed by atoms with Gasteiger partial charge in [0.15, 0.2) is 0 Å². The maximum Gasteiger partial charge on any atom is 0.0593 e. The van der Waals surface area contributed by atoms with Crippen molar-refractivity contribution in [2.75, 3.05) is 46.4 Å². The van der Waals surface area contributed by atoms with Crippen LogP contribution in [0.3, 0.4) is 0 Å². The molecular formula is C12H27ClN2O. The Labute approximate surface area is 106 Å². The Balaban J connectivity index is 0.00000225. The third kappa shape index (κ3) is 6.69. The largest absolute Gasteiger partial charge is 0.380 e. The quantitative estimate of drug-likeness (QED) is 0.697. The zero-order chi connectivity index (χ0) is 10.9. The van der Waals surface area contributed by atoms with Gasteiger partial charge in [0, 0.05) is 13.2 Å². The summed E-state index contributed by atoms with van der Waals surface area (Å²) in [6.07, 6.45) is 4.08. The van der Waals surface area contributed by atoms with Gasteiger partial charge in [-0.15, -0.1) is 12.4 Å². The molecule has 1 heterocycles. The second-order valence-corrected chi connectivity index (χ2v) is 4.37. The zero-order valence-electron chi connectivity index (χ0n) is 10.7. The van der Waals surface area contributed by atoms with Crippen molar-refractivity contribution < 1.29 is 4.74 Å². The molecule has 1 rings (SSSR count).